The van der Waals surface area contributed by atoms with Gasteiger partial charge in [0.2, 0.25) is 5.95 Å². The molecule has 8 aromatic rings. The molecule has 65 heavy (non-hydrogen) atoms. The molecule has 5 heterocycles. The molecular weight excluding hydrogens is 828 g/mol. The summed E-state index contributed by atoms with van der Waals surface area (Å²) in [6, 6.07) is 44.4. The van der Waals surface area contributed by atoms with Gasteiger partial charge in [0, 0.05) is 55.8 Å². The van der Waals surface area contributed by atoms with Crippen molar-refractivity contribution >= 4 is 44.7 Å². The summed E-state index contributed by atoms with van der Waals surface area (Å²) in [4.78, 5) is 25.6. The van der Waals surface area contributed by atoms with Crippen LogP contribution in [0.2, 0.25) is 0 Å². The summed E-state index contributed by atoms with van der Waals surface area (Å²) in [6.45, 7) is 6.95. The molecule has 3 aliphatic rings. The first-order chi connectivity index (χ1) is 31.5. The van der Waals surface area contributed by atoms with Gasteiger partial charge in [-0.25, -0.2) is 4.98 Å². The van der Waals surface area contributed by atoms with Crippen molar-refractivity contribution in [1.29, 1.82) is 0 Å². The van der Waals surface area contributed by atoms with E-state index < -0.39 is 18.0 Å². The molecule has 2 N–H and O–H groups in total. The van der Waals surface area contributed by atoms with E-state index >= 15 is 0 Å². The predicted octanol–water partition coefficient (Wildman–Crippen LogP) is 9.94. The Morgan fingerprint density at radius 1 is 0.800 bits per heavy atom. The van der Waals surface area contributed by atoms with Crippen LogP contribution < -0.4 is 19.9 Å². The van der Waals surface area contributed by atoms with Gasteiger partial charge in [0.1, 0.15) is 11.5 Å². The number of alkyl halides is 3. The highest BCUT2D eigenvalue weighted by Gasteiger charge is 2.48. The monoisotopic (exact) mass is 873 g/mol. The summed E-state index contributed by atoms with van der Waals surface area (Å²) in [7, 11) is 0. The molecule has 0 saturated carbocycles. The number of fused-ring (bicyclic) bond motifs is 4. The number of nitrogens with zero attached hydrogens (tertiary/aromatic N) is 6. The number of benzene rings is 6. The number of aromatic nitrogens is 3. The molecular formula is C52H46F3N7O3. The number of anilines is 2. The van der Waals surface area contributed by atoms with Gasteiger partial charge in [-0.1, -0.05) is 91.0 Å². The molecule has 10 nitrogen and oxygen atoms in total. The summed E-state index contributed by atoms with van der Waals surface area (Å²) in [5, 5.41) is 20.9. The van der Waals surface area contributed by atoms with Gasteiger partial charge < -0.3 is 29.9 Å². The highest BCUT2D eigenvalue weighted by molar-refractivity contribution is 6.04. The van der Waals surface area contributed by atoms with Gasteiger partial charge in [-0.3, -0.25) is 4.79 Å². The van der Waals surface area contributed by atoms with Gasteiger partial charge in [-0.05, 0) is 107 Å². The Morgan fingerprint density at radius 2 is 1.58 bits per heavy atom. The second-order valence-electron chi connectivity index (χ2n) is 17.8. The molecule has 1 spiro atoms. The van der Waals surface area contributed by atoms with Crippen molar-refractivity contribution in [2.45, 2.75) is 25.7 Å². The number of phenolic OH excluding ortho intramolecular Hbond substituents is 1. The molecule has 11 rings (SSSR count). The average Bonchev–Trinajstić information content (AvgIpc) is 4.07. The van der Waals surface area contributed by atoms with Crippen molar-refractivity contribution in [2.24, 2.45) is 11.3 Å². The van der Waals surface area contributed by atoms with Crippen molar-refractivity contribution < 1.29 is 27.8 Å². The summed E-state index contributed by atoms with van der Waals surface area (Å²) < 4.78 is 45.0. The fourth-order valence-corrected chi connectivity index (χ4v) is 10.4. The second-order valence-corrected chi connectivity index (χ2v) is 17.8. The highest BCUT2D eigenvalue weighted by atomic mass is 19.4. The maximum Gasteiger partial charge on any atom is 0.573 e. The van der Waals surface area contributed by atoms with Crippen LogP contribution in [0, 0.1) is 11.3 Å². The number of carbonyl (C=O) groups is 1. The standard InChI is InChI=1S/C52H46F3N7O3/c53-52(54,55)65-47-13-7-5-11-44(47)49(64)56-28-38-27-46-43-10-4-6-12-45(43)57-50(62(46)58-38)60-24-22-34(30-60)29-59-25-23-51(31-59)32-61(33-51)39-17-14-36(15-18-39)48-41(35-8-2-1-3-9-35)20-16-37-26-40(63)19-21-42(37)48/h1-21,26-27,34,63H,22-25,28-33H2,(H,56,64)/t34-/m0/s1. The van der Waals surface area contributed by atoms with E-state index in [0.717, 1.165) is 103 Å². The molecule has 1 atom stereocenters. The SMILES string of the molecule is O=C(NCc1cc2c3ccccc3nc(N3CC[C@@H](CN4CCC5(C4)CN(c4ccc(-c6c(-c7ccccc7)ccc7cc(O)ccc67)cc4)C5)C3)n2n1)c1ccccc1OC(F)(F)F. The smallest absolute Gasteiger partial charge is 0.508 e. The molecule has 328 valence electrons. The summed E-state index contributed by atoms with van der Waals surface area (Å²) >= 11 is 0. The number of carbonyl (C=O) groups excluding carboxylic acids is 1. The van der Waals surface area contributed by atoms with E-state index in [4.69, 9.17) is 10.1 Å². The Kier molecular flexibility index (Phi) is 10.1. The van der Waals surface area contributed by atoms with Gasteiger partial charge in [-0.15, -0.1) is 13.2 Å². The third-order valence-electron chi connectivity index (χ3n) is 13.4. The first-order valence-electron chi connectivity index (χ1n) is 22.1. The Morgan fingerprint density at radius 3 is 2.42 bits per heavy atom. The maximum atomic E-state index is 13.1. The van der Waals surface area contributed by atoms with Crippen LogP contribution >= 0.6 is 0 Å². The maximum absolute atomic E-state index is 13.1. The number of amides is 1. The molecule has 3 aliphatic heterocycles. The minimum absolute atomic E-state index is 0.00414. The topological polar surface area (TPSA) is 98.5 Å². The van der Waals surface area contributed by atoms with Gasteiger partial charge in [0.05, 0.1) is 28.8 Å². The largest absolute Gasteiger partial charge is 0.573 e. The van der Waals surface area contributed by atoms with Gasteiger partial charge >= 0.3 is 6.36 Å². The predicted molar refractivity (Wildman–Crippen MR) is 247 cm³/mol. The fraction of sp³-hybridized carbons (Fsp3) is 0.250. The normalized spacial score (nSPS) is 17.4. The second kappa shape index (κ2) is 16.1. The molecule has 0 aliphatic carbocycles. The first-order valence-corrected chi connectivity index (χ1v) is 22.1. The summed E-state index contributed by atoms with van der Waals surface area (Å²) in [5.74, 6) is 0.201. The lowest BCUT2D eigenvalue weighted by molar-refractivity contribution is -0.274. The zero-order valence-corrected chi connectivity index (χ0v) is 35.5. The molecule has 0 unspecified atom stereocenters. The Bertz CT molecular complexity index is 3080. The van der Waals surface area contributed by atoms with E-state index in [1.807, 2.05) is 53.0 Å². The summed E-state index contributed by atoms with van der Waals surface area (Å²) in [5.41, 5.74) is 8.19. The molecule has 6 aromatic carbocycles. The number of likely N-dealkylation sites (tertiary alicyclic amines) is 1. The minimum Gasteiger partial charge on any atom is -0.508 e. The van der Waals surface area contributed by atoms with Crippen LogP contribution in [0.5, 0.6) is 11.5 Å². The van der Waals surface area contributed by atoms with Crippen LogP contribution in [-0.2, 0) is 6.54 Å². The molecule has 1 amide bonds. The number of aromatic hydroxyl groups is 1. The first kappa shape index (κ1) is 40.6. The van der Waals surface area contributed by atoms with E-state index in [0.29, 0.717) is 11.6 Å². The quantitative estimate of drug-likeness (QED) is 0.140. The lowest BCUT2D eigenvalue weighted by Crippen LogP contribution is -2.57. The van der Waals surface area contributed by atoms with E-state index in [-0.39, 0.29) is 23.3 Å². The van der Waals surface area contributed by atoms with Crippen LogP contribution in [0.15, 0.2) is 140 Å². The van der Waals surface area contributed by atoms with Crippen molar-refractivity contribution in [3.8, 4) is 33.8 Å². The Hall–Kier alpha value is -7.12. The zero-order valence-electron chi connectivity index (χ0n) is 35.5. The van der Waals surface area contributed by atoms with Crippen LogP contribution in [0.25, 0.3) is 49.4 Å². The van der Waals surface area contributed by atoms with Crippen LogP contribution in [0.4, 0.5) is 24.8 Å². The molecule has 3 saturated heterocycles. The lowest BCUT2D eigenvalue weighted by atomic mass is 9.78. The van der Waals surface area contributed by atoms with E-state index in [9.17, 15) is 23.1 Å². The number of hydrogen-bond acceptors (Lipinski definition) is 8. The lowest BCUT2D eigenvalue weighted by Gasteiger charge is -2.49. The Balaban J connectivity index is 0.742. The molecule has 13 heteroatoms. The van der Waals surface area contributed by atoms with Gasteiger partial charge in [0.25, 0.3) is 5.91 Å². The minimum atomic E-state index is -4.93. The van der Waals surface area contributed by atoms with Crippen LogP contribution in [0.3, 0.4) is 0 Å². The van der Waals surface area contributed by atoms with Crippen molar-refractivity contribution in [2.75, 3.05) is 55.6 Å². The number of phenols is 1. The highest BCUT2D eigenvalue weighted by Crippen LogP contribution is 2.44. The number of para-hydroxylation sites is 2. The molecule has 3 fully saturated rings. The van der Waals surface area contributed by atoms with Crippen molar-refractivity contribution in [1.82, 2.24) is 24.8 Å². The average molecular weight is 874 g/mol. The molecule has 0 radical (unpaired) electrons. The van der Waals surface area contributed by atoms with Gasteiger partial charge in [0.15, 0.2) is 0 Å². The number of nitrogens with one attached hydrogen (secondary N) is 1. The van der Waals surface area contributed by atoms with Gasteiger partial charge in [-0.2, -0.15) is 9.61 Å². The zero-order chi connectivity index (χ0) is 44.3. The third kappa shape index (κ3) is 7.94. The van der Waals surface area contributed by atoms with Crippen LogP contribution in [0.1, 0.15) is 28.9 Å². The van der Waals surface area contributed by atoms with Crippen molar-refractivity contribution in [3.05, 3.63) is 151 Å². The summed E-state index contributed by atoms with van der Waals surface area (Å²) in [6.07, 6.45) is -2.71. The van der Waals surface area contributed by atoms with Crippen LogP contribution in [-0.4, -0.2) is 82.7 Å². The number of ether oxygens (including phenoxy) is 1. The van der Waals surface area contributed by atoms with E-state index in [1.165, 1.54) is 41.4 Å². The Labute approximate surface area is 373 Å². The van der Waals surface area contributed by atoms with Crippen molar-refractivity contribution in [3.63, 3.8) is 0 Å². The molecule has 2 aromatic heterocycles. The fourth-order valence-electron chi connectivity index (χ4n) is 10.4. The number of hydrogen-bond donors (Lipinski definition) is 2. The third-order valence-corrected chi connectivity index (χ3v) is 13.4. The number of halogens is 3. The molecule has 0 bridgehead atoms. The van der Waals surface area contributed by atoms with E-state index in [2.05, 4.69) is 85.4 Å². The number of rotatable bonds is 10. The van der Waals surface area contributed by atoms with E-state index in [1.54, 1.807) is 6.07 Å².